The molecule has 4 heteroatoms. The molecule has 1 aliphatic carbocycles. The predicted octanol–water partition coefficient (Wildman–Crippen LogP) is 1.07. The van der Waals surface area contributed by atoms with E-state index < -0.39 is 0 Å². The van der Waals surface area contributed by atoms with Crippen LogP contribution in [-0.4, -0.2) is 18.1 Å². The number of nitrogens with one attached hydrogen (secondary N) is 1. The standard InChI is InChI=1S/C7H14N2.2ClH/c8-7-3-1-6(2-4-7)9-5-7;;/h6,9H,1-5,8H2;2*1H. The molecule has 0 unspecified atom stereocenters. The molecular formula is C7H16Cl2N2. The second-order valence-electron chi connectivity index (χ2n) is 3.52. The monoisotopic (exact) mass is 198 g/mol. The lowest BCUT2D eigenvalue weighted by atomic mass is 9.76. The number of hydrogen-bond acceptors (Lipinski definition) is 2. The molecule has 0 radical (unpaired) electrons. The van der Waals surface area contributed by atoms with Gasteiger partial charge in [-0.05, 0) is 25.7 Å². The average molecular weight is 199 g/mol. The molecular weight excluding hydrogens is 183 g/mol. The van der Waals surface area contributed by atoms with Gasteiger partial charge >= 0.3 is 0 Å². The summed E-state index contributed by atoms with van der Waals surface area (Å²) in [6.07, 6.45) is 5.09. The van der Waals surface area contributed by atoms with Gasteiger partial charge in [-0.25, -0.2) is 0 Å². The van der Waals surface area contributed by atoms with E-state index in [2.05, 4.69) is 5.32 Å². The molecule has 0 spiro atoms. The molecule has 0 amide bonds. The molecule has 0 aromatic carbocycles. The molecule has 3 fully saturated rings. The number of hydrogen-bond donors (Lipinski definition) is 2. The van der Waals surface area contributed by atoms with Gasteiger partial charge in [0.25, 0.3) is 0 Å². The van der Waals surface area contributed by atoms with Crippen molar-refractivity contribution in [2.24, 2.45) is 5.73 Å². The first-order valence-corrected chi connectivity index (χ1v) is 3.81. The summed E-state index contributed by atoms with van der Waals surface area (Å²) in [5.74, 6) is 0. The molecule has 2 nitrogen and oxygen atoms in total. The fraction of sp³-hybridized carbons (Fsp3) is 1.00. The van der Waals surface area contributed by atoms with Crippen LogP contribution in [0, 0.1) is 0 Å². The Balaban J connectivity index is 0.000000500. The molecule has 2 saturated heterocycles. The second kappa shape index (κ2) is 3.94. The normalized spacial score (nSPS) is 40.6. The van der Waals surface area contributed by atoms with Crippen LogP contribution in [0.4, 0.5) is 0 Å². The third-order valence-corrected chi connectivity index (χ3v) is 2.72. The van der Waals surface area contributed by atoms with E-state index in [4.69, 9.17) is 5.73 Å². The van der Waals surface area contributed by atoms with Crippen LogP contribution in [-0.2, 0) is 0 Å². The maximum Gasteiger partial charge on any atom is 0.0282 e. The summed E-state index contributed by atoms with van der Waals surface area (Å²) in [6, 6.07) is 0.801. The fourth-order valence-corrected chi connectivity index (χ4v) is 1.92. The van der Waals surface area contributed by atoms with Gasteiger partial charge in [-0.15, -0.1) is 24.8 Å². The molecule has 1 saturated carbocycles. The largest absolute Gasteiger partial charge is 0.324 e. The van der Waals surface area contributed by atoms with Crippen molar-refractivity contribution in [3.05, 3.63) is 0 Å². The third kappa shape index (κ3) is 2.22. The molecule has 3 aliphatic rings. The Kier molecular flexibility index (Phi) is 4.12. The number of halogens is 2. The van der Waals surface area contributed by atoms with E-state index >= 15 is 0 Å². The van der Waals surface area contributed by atoms with E-state index in [1.54, 1.807) is 0 Å². The Morgan fingerprint density at radius 2 is 1.73 bits per heavy atom. The van der Waals surface area contributed by atoms with Crippen molar-refractivity contribution in [2.75, 3.05) is 6.54 Å². The zero-order chi connectivity index (χ0) is 6.32. The van der Waals surface area contributed by atoms with Crippen LogP contribution in [0.2, 0.25) is 0 Å². The molecule has 0 atom stereocenters. The molecule has 11 heavy (non-hydrogen) atoms. The molecule has 3 rings (SSSR count). The van der Waals surface area contributed by atoms with Gasteiger partial charge in [-0.1, -0.05) is 0 Å². The number of nitrogens with two attached hydrogens (primary N) is 1. The lowest BCUT2D eigenvalue weighted by Crippen LogP contribution is -2.60. The van der Waals surface area contributed by atoms with Crippen molar-refractivity contribution in [3.63, 3.8) is 0 Å². The summed E-state index contributed by atoms with van der Waals surface area (Å²) >= 11 is 0. The zero-order valence-electron chi connectivity index (χ0n) is 6.51. The van der Waals surface area contributed by atoms with Gasteiger partial charge in [0.15, 0.2) is 0 Å². The third-order valence-electron chi connectivity index (χ3n) is 2.72. The Morgan fingerprint density at radius 3 is 1.91 bits per heavy atom. The van der Waals surface area contributed by atoms with Crippen LogP contribution in [0.15, 0.2) is 0 Å². The number of piperidine rings is 2. The lowest BCUT2D eigenvalue weighted by molar-refractivity contribution is 0.176. The molecule has 2 aliphatic heterocycles. The zero-order valence-corrected chi connectivity index (χ0v) is 8.14. The maximum absolute atomic E-state index is 6.03. The van der Waals surface area contributed by atoms with Crippen LogP contribution >= 0.6 is 24.8 Å². The summed E-state index contributed by atoms with van der Waals surface area (Å²) in [6.45, 7) is 1.05. The number of rotatable bonds is 0. The molecule has 2 bridgehead atoms. The molecule has 0 aromatic heterocycles. The van der Waals surface area contributed by atoms with Gasteiger partial charge in [0.05, 0.1) is 0 Å². The lowest BCUT2D eigenvalue weighted by Gasteiger charge is -2.44. The quantitative estimate of drug-likeness (QED) is 0.612. The Morgan fingerprint density at radius 1 is 1.18 bits per heavy atom. The predicted molar refractivity (Wildman–Crippen MR) is 51.7 cm³/mol. The summed E-state index contributed by atoms with van der Waals surface area (Å²) in [5.41, 5.74) is 6.21. The molecule has 0 aromatic rings. The van der Waals surface area contributed by atoms with Crippen molar-refractivity contribution in [1.29, 1.82) is 0 Å². The van der Waals surface area contributed by atoms with Crippen molar-refractivity contribution in [2.45, 2.75) is 37.3 Å². The first-order chi connectivity index (χ1) is 4.29. The highest BCUT2D eigenvalue weighted by Crippen LogP contribution is 2.30. The first-order valence-electron chi connectivity index (χ1n) is 3.81. The highest BCUT2D eigenvalue weighted by atomic mass is 35.5. The minimum absolute atomic E-state index is 0. The SMILES string of the molecule is Cl.Cl.NC12CCC(CC1)NC2. The summed E-state index contributed by atoms with van der Waals surface area (Å²) in [4.78, 5) is 0. The summed E-state index contributed by atoms with van der Waals surface area (Å²) in [7, 11) is 0. The topological polar surface area (TPSA) is 38.0 Å². The summed E-state index contributed by atoms with van der Waals surface area (Å²) < 4.78 is 0. The van der Waals surface area contributed by atoms with Crippen LogP contribution in [0.3, 0.4) is 0 Å². The highest BCUT2D eigenvalue weighted by molar-refractivity contribution is 5.85. The Hall–Kier alpha value is 0.500. The van der Waals surface area contributed by atoms with Gasteiger partial charge in [-0.3, -0.25) is 0 Å². The van der Waals surface area contributed by atoms with Crippen molar-refractivity contribution < 1.29 is 0 Å². The number of fused-ring (bicyclic) bond motifs is 3. The van der Waals surface area contributed by atoms with Crippen molar-refractivity contribution in [1.82, 2.24) is 5.32 Å². The Labute approximate surface area is 80.1 Å². The van der Waals surface area contributed by atoms with Crippen molar-refractivity contribution in [3.8, 4) is 0 Å². The average Bonchev–Trinajstić information content (AvgIpc) is 1.90. The van der Waals surface area contributed by atoms with E-state index in [-0.39, 0.29) is 30.4 Å². The minimum Gasteiger partial charge on any atom is -0.324 e. The van der Waals surface area contributed by atoms with Gasteiger partial charge in [0.1, 0.15) is 0 Å². The first kappa shape index (κ1) is 11.5. The van der Waals surface area contributed by atoms with E-state index in [1.807, 2.05) is 0 Å². The molecule has 68 valence electrons. The van der Waals surface area contributed by atoms with Crippen molar-refractivity contribution >= 4 is 24.8 Å². The van der Waals surface area contributed by atoms with Gasteiger partial charge < -0.3 is 11.1 Å². The highest BCUT2D eigenvalue weighted by Gasteiger charge is 2.36. The van der Waals surface area contributed by atoms with Crippen LogP contribution in [0.25, 0.3) is 0 Å². The van der Waals surface area contributed by atoms with Gasteiger partial charge in [0.2, 0.25) is 0 Å². The van der Waals surface area contributed by atoms with E-state index in [0.717, 1.165) is 12.6 Å². The van der Waals surface area contributed by atoms with Crippen LogP contribution in [0.5, 0.6) is 0 Å². The van der Waals surface area contributed by atoms with Crippen LogP contribution < -0.4 is 11.1 Å². The van der Waals surface area contributed by atoms with Gasteiger partial charge in [0, 0.05) is 18.1 Å². The van der Waals surface area contributed by atoms with Crippen LogP contribution in [0.1, 0.15) is 25.7 Å². The fourth-order valence-electron chi connectivity index (χ4n) is 1.92. The van der Waals surface area contributed by atoms with Gasteiger partial charge in [-0.2, -0.15) is 0 Å². The van der Waals surface area contributed by atoms with E-state index in [1.165, 1.54) is 25.7 Å². The Bertz CT molecular complexity index is 108. The molecule has 2 heterocycles. The minimum atomic E-state index is 0. The molecule has 3 N–H and O–H groups in total. The summed E-state index contributed by atoms with van der Waals surface area (Å²) in [5, 5.41) is 3.43. The smallest absolute Gasteiger partial charge is 0.0282 e. The maximum atomic E-state index is 6.03. The van der Waals surface area contributed by atoms with E-state index in [9.17, 15) is 0 Å². The second-order valence-corrected chi connectivity index (χ2v) is 3.52. The van der Waals surface area contributed by atoms with E-state index in [0.29, 0.717) is 0 Å².